The molecule has 2 aromatic rings. The van der Waals surface area contributed by atoms with Crippen molar-refractivity contribution < 1.29 is 9.53 Å². The Morgan fingerprint density at radius 1 is 1.15 bits per heavy atom. The summed E-state index contributed by atoms with van der Waals surface area (Å²) in [7, 11) is 4.08. The summed E-state index contributed by atoms with van der Waals surface area (Å²) in [5.74, 6) is 0.526. The van der Waals surface area contributed by atoms with E-state index in [1.54, 1.807) is 6.08 Å². The first kappa shape index (κ1) is 21.7. The normalized spacial score (nSPS) is 10.6. The van der Waals surface area contributed by atoms with Crippen LogP contribution in [0.15, 0.2) is 54.6 Å². The number of carbonyl (C=O) groups excluding carboxylic acids is 1. The van der Waals surface area contributed by atoms with Gasteiger partial charge in [0.25, 0.3) is 0 Å². The van der Waals surface area contributed by atoms with Gasteiger partial charge in [-0.3, -0.25) is 4.79 Å². The number of ether oxygens (including phenoxy) is 1. The molecule has 2 aromatic carbocycles. The van der Waals surface area contributed by atoms with E-state index < -0.39 is 0 Å². The molecule has 0 aliphatic carbocycles. The molecular weight excluding hydrogens is 348 g/mol. The van der Waals surface area contributed by atoms with Gasteiger partial charge in [0.05, 0.1) is 12.3 Å². The van der Waals surface area contributed by atoms with Gasteiger partial charge in [-0.05, 0) is 56.8 Å². The number of aryl methyl sites for hydroxylation is 1. The molecule has 0 atom stereocenters. The van der Waals surface area contributed by atoms with Crippen molar-refractivity contribution in [3.05, 3.63) is 65.7 Å². The largest absolute Gasteiger partial charge is 0.491 e. The molecule has 5 heteroatoms. The number of carbonyl (C=O) groups is 1. The van der Waals surface area contributed by atoms with Crippen molar-refractivity contribution in [2.24, 2.45) is 0 Å². The van der Waals surface area contributed by atoms with Crippen LogP contribution in [0.2, 0.25) is 0 Å². The molecule has 0 fully saturated rings. The van der Waals surface area contributed by atoms with Crippen LogP contribution in [-0.2, 0) is 4.79 Å². The Labute approximate surface area is 162 Å². The molecule has 4 nitrogen and oxygen atoms in total. The first-order valence-electron chi connectivity index (χ1n) is 8.47. The lowest BCUT2D eigenvalue weighted by Crippen LogP contribution is -2.16. The maximum atomic E-state index is 12.2. The zero-order chi connectivity index (χ0) is 18.1. The molecule has 0 saturated carbocycles. The number of amides is 1. The standard InChI is InChI=1S/C21H26N2O2.ClH/c1-17-10-12-20(25-15-7-14-23(2)3)19(16-17)22-21(24)13-11-18-8-5-4-6-9-18;/h4-6,8-13,16H,7,14-15H2,1-3H3,(H,22,24);1H/b13-11+;. The fourth-order valence-electron chi connectivity index (χ4n) is 2.34. The lowest BCUT2D eigenvalue weighted by molar-refractivity contribution is -0.111. The van der Waals surface area contributed by atoms with E-state index in [2.05, 4.69) is 10.2 Å². The Hall–Kier alpha value is -2.30. The van der Waals surface area contributed by atoms with Crippen molar-refractivity contribution in [3.8, 4) is 5.75 Å². The molecule has 1 N–H and O–H groups in total. The molecule has 0 unspecified atom stereocenters. The third-order valence-corrected chi connectivity index (χ3v) is 3.63. The Bertz CT molecular complexity index is 715. The van der Waals surface area contributed by atoms with Crippen LogP contribution in [0.5, 0.6) is 5.75 Å². The molecule has 0 spiro atoms. The predicted octanol–water partition coefficient (Wildman–Crippen LogP) is 4.40. The zero-order valence-electron chi connectivity index (χ0n) is 15.6. The average molecular weight is 375 g/mol. The highest BCUT2D eigenvalue weighted by atomic mass is 35.5. The first-order chi connectivity index (χ1) is 12.0. The van der Waals surface area contributed by atoms with Crippen LogP contribution in [0.25, 0.3) is 6.08 Å². The van der Waals surface area contributed by atoms with Crippen molar-refractivity contribution in [3.63, 3.8) is 0 Å². The predicted molar refractivity (Wildman–Crippen MR) is 111 cm³/mol. The second-order valence-electron chi connectivity index (χ2n) is 6.24. The van der Waals surface area contributed by atoms with Gasteiger partial charge in [-0.15, -0.1) is 12.4 Å². The van der Waals surface area contributed by atoms with Gasteiger partial charge in [-0.1, -0.05) is 36.4 Å². The highest BCUT2D eigenvalue weighted by molar-refractivity contribution is 6.02. The molecule has 0 aromatic heterocycles. The van der Waals surface area contributed by atoms with Crippen molar-refractivity contribution in [1.29, 1.82) is 0 Å². The third kappa shape index (κ3) is 7.72. The third-order valence-electron chi connectivity index (χ3n) is 3.63. The van der Waals surface area contributed by atoms with Crippen molar-refractivity contribution in [1.82, 2.24) is 4.90 Å². The van der Waals surface area contributed by atoms with Gasteiger partial charge in [0.2, 0.25) is 5.91 Å². The number of halogens is 1. The maximum Gasteiger partial charge on any atom is 0.248 e. The minimum Gasteiger partial charge on any atom is -0.491 e. The molecular formula is C21H27ClN2O2. The van der Waals surface area contributed by atoms with Crippen LogP contribution in [0.1, 0.15) is 17.5 Å². The van der Waals surface area contributed by atoms with Gasteiger partial charge in [0.1, 0.15) is 5.75 Å². The van der Waals surface area contributed by atoms with Crippen molar-refractivity contribution in [2.75, 3.05) is 32.6 Å². The minimum absolute atomic E-state index is 0. The lowest BCUT2D eigenvalue weighted by Gasteiger charge is -2.14. The van der Waals surface area contributed by atoms with E-state index in [1.165, 1.54) is 6.08 Å². The van der Waals surface area contributed by atoms with Crippen LogP contribution in [-0.4, -0.2) is 38.1 Å². The van der Waals surface area contributed by atoms with E-state index in [4.69, 9.17) is 4.74 Å². The van der Waals surface area contributed by atoms with E-state index in [0.29, 0.717) is 18.0 Å². The molecule has 0 heterocycles. The van der Waals surface area contributed by atoms with Crippen molar-refractivity contribution in [2.45, 2.75) is 13.3 Å². The van der Waals surface area contributed by atoms with Crippen molar-refractivity contribution >= 4 is 30.1 Å². The summed E-state index contributed by atoms with van der Waals surface area (Å²) in [6, 6.07) is 15.6. The summed E-state index contributed by atoms with van der Waals surface area (Å²) < 4.78 is 5.84. The van der Waals surface area contributed by atoms with Crippen LogP contribution >= 0.6 is 12.4 Å². The number of rotatable bonds is 8. The van der Waals surface area contributed by atoms with Crippen LogP contribution in [0, 0.1) is 6.92 Å². The van der Waals surface area contributed by atoms with Gasteiger partial charge in [-0.25, -0.2) is 0 Å². The smallest absolute Gasteiger partial charge is 0.248 e. The first-order valence-corrected chi connectivity index (χ1v) is 8.47. The summed E-state index contributed by atoms with van der Waals surface area (Å²) in [4.78, 5) is 14.3. The van der Waals surface area contributed by atoms with E-state index in [9.17, 15) is 4.79 Å². The number of nitrogens with one attached hydrogen (secondary N) is 1. The van der Waals surface area contributed by atoms with Gasteiger partial charge in [0.15, 0.2) is 0 Å². The van der Waals surface area contributed by atoms with Gasteiger partial charge in [0, 0.05) is 12.6 Å². The molecule has 2 rings (SSSR count). The second-order valence-corrected chi connectivity index (χ2v) is 6.24. The number of hydrogen-bond acceptors (Lipinski definition) is 3. The zero-order valence-corrected chi connectivity index (χ0v) is 16.4. The monoisotopic (exact) mass is 374 g/mol. The number of anilines is 1. The van der Waals surface area contributed by atoms with Crippen LogP contribution in [0.4, 0.5) is 5.69 Å². The summed E-state index contributed by atoms with van der Waals surface area (Å²) in [5, 5.41) is 2.91. The molecule has 26 heavy (non-hydrogen) atoms. The Morgan fingerprint density at radius 3 is 2.58 bits per heavy atom. The summed E-state index contributed by atoms with van der Waals surface area (Å²) in [6.07, 6.45) is 4.26. The minimum atomic E-state index is -0.174. The fraction of sp³-hybridized carbons (Fsp3) is 0.286. The molecule has 0 bridgehead atoms. The SMILES string of the molecule is Cc1ccc(OCCCN(C)C)c(NC(=O)/C=C/c2ccccc2)c1.Cl. The van der Waals surface area contributed by atoms with E-state index >= 15 is 0 Å². The average Bonchev–Trinajstić information content (AvgIpc) is 2.59. The topological polar surface area (TPSA) is 41.6 Å². The van der Waals surface area contributed by atoms with Crippen LogP contribution in [0.3, 0.4) is 0 Å². The maximum absolute atomic E-state index is 12.2. The van der Waals surface area contributed by atoms with Gasteiger partial charge < -0.3 is 15.0 Å². The molecule has 0 radical (unpaired) electrons. The quantitative estimate of drug-likeness (QED) is 0.550. The fourth-order valence-corrected chi connectivity index (χ4v) is 2.34. The Kier molecular flexibility index (Phi) is 9.48. The summed E-state index contributed by atoms with van der Waals surface area (Å²) >= 11 is 0. The summed E-state index contributed by atoms with van der Waals surface area (Å²) in [6.45, 7) is 3.57. The lowest BCUT2D eigenvalue weighted by atomic mass is 10.2. The van der Waals surface area contributed by atoms with Gasteiger partial charge >= 0.3 is 0 Å². The molecule has 140 valence electrons. The Morgan fingerprint density at radius 2 is 1.88 bits per heavy atom. The Balaban J connectivity index is 0.00000338. The van der Waals surface area contributed by atoms with Gasteiger partial charge in [-0.2, -0.15) is 0 Å². The highest BCUT2D eigenvalue weighted by Gasteiger charge is 2.07. The molecule has 0 aliphatic heterocycles. The number of nitrogens with zero attached hydrogens (tertiary/aromatic N) is 1. The highest BCUT2D eigenvalue weighted by Crippen LogP contribution is 2.26. The van der Waals surface area contributed by atoms with Crippen LogP contribution < -0.4 is 10.1 Å². The van der Waals surface area contributed by atoms with E-state index in [-0.39, 0.29) is 18.3 Å². The molecule has 0 aliphatic rings. The molecule has 1 amide bonds. The number of hydrogen-bond donors (Lipinski definition) is 1. The van der Waals surface area contributed by atoms with E-state index in [0.717, 1.165) is 24.1 Å². The molecule has 0 saturated heterocycles. The summed E-state index contributed by atoms with van der Waals surface area (Å²) in [5.41, 5.74) is 2.76. The van der Waals surface area contributed by atoms with E-state index in [1.807, 2.05) is 69.6 Å². The number of benzene rings is 2. The second kappa shape index (κ2) is 11.3.